The van der Waals surface area contributed by atoms with E-state index in [1.54, 1.807) is 13.8 Å². The van der Waals surface area contributed by atoms with Crippen molar-refractivity contribution in [3.05, 3.63) is 20.2 Å². The van der Waals surface area contributed by atoms with Gasteiger partial charge in [0, 0.05) is 6.42 Å². The molecule has 0 saturated heterocycles. The van der Waals surface area contributed by atoms with Gasteiger partial charge in [-0.1, -0.05) is 67.2 Å². The van der Waals surface area contributed by atoms with E-state index in [1.807, 2.05) is 0 Å². The summed E-state index contributed by atoms with van der Waals surface area (Å²) in [6.45, 7) is 12.7. The molecule has 7 N–H and O–H groups in total. The van der Waals surface area contributed by atoms with Gasteiger partial charge in [0.05, 0.1) is 5.84 Å². The lowest BCUT2D eigenvalue weighted by Crippen LogP contribution is -2.19. The fourth-order valence-electron chi connectivity index (χ4n) is 2.30. The number of hydrogen-bond acceptors (Lipinski definition) is 12. The molecule has 0 amide bonds. The zero-order valence-electron chi connectivity index (χ0n) is 24.0. The molecule has 38 heavy (non-hydrogen) atoms. The maximum absolute atomic E-state index is 9.58. The summed E-state index contributed by atoms with van der Waals surface area (Å²) in [6, 6.07) is 0. The Labute approximate surface area is 226 Å². The Balaban J connectivity index is -0.000000204. The van der Waals surface area contributed by atoms with Gasteiger partial charge in [-0.15, -0.1) is 20.2 Å². The minimum absolute atomic E-state index is 0.236. The fraction of sp³-hybridized carbons (Fsp3) is 0.957. The third-order valence-electron chi connectivity index (χ3n) is 4.65. The van der Waals surface area contributed by atoms with Gasteiger partial charge in [-0.25, -0.2) is 9.78 Å². The molecule has 0 heterocycles. The second-order valence-corrected chi connectivity index (χ2v) is 9.15. The number of rotatable bonds is 19. The fourth-order valence-corrected chi connectivity index (χ4v) is 2.30. The molecule has 0 aliphatic carbocycles. The monoisotopic (exact) mass is 559 g/mol. The number of unbranched alkanes of at least 4 members (excludes halogenated alkanes) is 2. The Morgan fingerprint density at radius 3 is 1.42 bits per heavy atom. The lowest BCUT2D eigenvalue weighted by atomic mass is 10.1. The summed E-state index contributed by atoms with van der Waals surface area (Å²) >= 11 is 0. The minimum Gasteiger partial charge on any atom is -0.388 e. The van der Waals surface area contributed by atoms with Gasteiger partial charge in [0.1, 0.15) is 25.4 Å². The molecule has 0 aliphatic rings. The highest BCUT2D eigenvalue weighted by Gasteiger charge is 2.08. The van der Waals surface area contributed by atoms with E-state index in [1.165, 1.54) is 32.1 Å². The van der Waals surface area contributed by atoms with Gasteiger partial charge in [-0.05, 0) is 44.1 Å². The Morgan fingerprint density at radius 2 is 1.18 bits per heavy atom. The van der Waals surface area contributed by atoms with Gasteiger partial charge in [-0.2, -0.15) is 0 Å². The van der Waals surface area contributed by atoms with E-state index in [4.69, 9.17) is 27.4 Å². The van der Waals surface area contributed by atoms with Gasteiger partial charge in [0.2, 0.25) is 0 Å². The molecule has 15 nitrogen and oxygen atoms in total. The van der Waals surface area contributed by atoms with Gasteiger partial charge < -0.3 is 21.1 Å². The lowest BCUT2D eigenvalue weighted by molar-refractivity contribution is -0.760. The Bertz CT molecular complexity index is 509. The maximum atomic E-state index is 9.58. The van der Waals surface area contributed by atoms with E-state index in [0.29, 0.717) is 18.7 Å². The van der Waals surface area contributed by atoms with Crippen molar-refractivity contribution in [3.8, 4) is 0 Å². The van der Waals surface area contributed by atoms with Crippen molar-refractivity contribution >= 4 is 5.84 Å². The van der Waals surface area contributed by atoms with Gasteiger partial charge in [0.25, 0.3) is 10.2 Å². The SMILES string of the molecule is CC(C)CCCCC(=N)N.CC(C)CCCCN.CCC(CO[N+](=O)[O-])OO.CCC(CO[N+](=O)[O-])OO. The van der Waals surface area contributed by atoms with Gasteiger partial charge in [-0.3, -0.25) is 15.9 Å². The average molecular weight is 560 g/mol. The topological polar surface area (TPSA) is 240 Å². The van der Waals surface area contributed by atoms with Crippen LogP contribution >= 0.6 is 0 Å². The van der Waals surface area contributed by atoms with Crippen molar-refractivity contribution in [2.75, 3.05) is 19.8 Å². The maximum Gasteiger partial charge on any atom is 0.294 e. The molecule has 0 aromatic heterocycles. The highest BCUT2D eigenvalue weighted by molar-refractivity contribution is 5.76. The number of nitrogens with zero attached hydrogens (tertiary/aromatic N) is 2. The molecule has 0 aromatic rings. The molecular weight excluding hydrogens is 506 g/mol. The van der Waals surface area contributed by atoms with Crippen molar-refractivity contribution < 1.29 is 40.1 Å². The molecule has 15 heteroatoms. The first kappa shape index (κ1) is 42.7. The smallest absolute Gasteiger partial charge is 0.294 e. The van der Waals surface area contributed by atoms with E-state index >= 15 is 0 Å². The molecular formula is C23H53N5O10. The van der Waals surface area contributed by atoms with Crippen LogP contribution in [0, 0.1) is 37.5 Å². The van der Waals surface area contributed by atoms with E-state index in [2.05, 4.69) is 47.1 Å². The van der Waals surface area contributed by atoms with Crippen LogP contribution in [0.25, 0.3) is 0 Å². The highest BCUT2D eigenvalue weighted by atomic mass is 17.1. The molecule has 0 bridgehead atoms. The van der Waals surface area contributed by atoms with Crippen LogP contribution in [-0.4, -0.2) is 58.5 Å². The van der Waals surface area contributed by atoms with Crippen LogP contribution in [0.15, 0.2) is 0 Å². The molecule has 0 saturated carbocycles. The summed E-state index contributed by atoms with van der Waals surface area (Å²) < 4.78 is 0. The van der Waals surface area contributed by atoms with Crippen LogP contribution < -0.4 is 11.5 Å². The predicted octanol–water partition coefficient (Wildman–Crippen LogP) is 4.84. The lowest BCUT2D eigenvalue weighted by Gasteiger charge is -2.07. The van der Waals surface area contributed by atoms with Crippen LogP contribution in [0.1, 0.15) is 99.3 Å². The van der Waals surface area contributed by atoms with Gasteiger partial charge >= 0.3 is 0 Å². The number of hydrogen-bond donors (Lipinski definition) is 5. The zero-order valence-corrected chi connectivity index (χ0v) is 24.0. The Kier molecular flexibility index (Phi) is 36.8. The molecule has 0 aromatic carbocycles. The quantitative estimate of drug-likeness (QED) is 0.0356. The first-order valence-corrected chi connectivity index (χ1v) is 13.0. The molecule has 0 aliphatic heterocycles. The van der Waals surface area contributed by atoms with Crippen molar-refractivity contribution in [2.45, 2.75) is 112 Å². The number of amidine groups is 1. The summed E-state index contributed by atoms with van der Waals surface area (Å²) in [5, 5.41) is 40.3. The molecule has 0 radical (unpaired) electrons. The van der Waals surface area contributed by atoms with Crippen LogP contribution in [-0.2, 0) is 19.5 Å². The average Bonchev–Trinajstić information content (AvgIpc) is 2.84. The van der Waals surface area contributed by atoms with E-state index in [9.17, 15) is 20.2 Å². The molecule has 0 fully saturated rings. The first-order chi connectivity index (χ1) is 17.8. The first-order valence-electron chi connectivity index (χ1n) is 13.0. The summed E-state index contributed by atoms with van der Waals surface area (Å²) in [4.78, 5) is 34.7. The number of nitrogens with two attached hydrogens (primary N) is 2. The van der Waals surface area contributed by atoms with E-state index in [0.717, 1.165) is 31.2 Å². The third kappa shape index (κ3) is 46.9. The zero-order chi connectivity index (χ0) is 30.4. The number of nitrogens with one attached hydrogen (secondary N) is 1. The minimum atomic E-state index is -0.929. The van der Waals surface area contributed by atoms with Crippen molar-refractivity contribution in [3.63, 3.8) is 0 Å². The second-order valence-electron chi connectivity index (χ2n) is 9.15. The normalized spacial score (nSPS) is 11.6. The van der Waals surface area contributed by atoms with Crippen LogP contribution in [0.3, 0.4) is 0 Å². The highest BCUT2D eigenvalue weighted by Crippen LogP contribution is 2.07. The molecule has 0 rings (SSSR count). The van der Waals surface area contributed by atoms with Crippen molar-refractivity contribution in [2.24, 2.45) is 23.3 Å². The standard InChI is InChI=1S/C8H18N2.C7H17N.2C4H9NO5/c1-7(2)5-3-4-6-8(9)10;1-7(2)5-3-4-6-8;2*1-2-4(10-8)3-9-5(6)7/h7H,3-6H2,1-2H3,(H3,9,10);7H,3-6,8H2,1-2H3;2*4,8H,2-3H2,1H3. The Morgan fingerprint density at radius 1 is 0.816 bits per heavy atom. The molecule has 230 valence electrons. The second kappa shape index (κ2) is 32.7. The molecule has 2 atom stereocenters. The van der Waals surface area contributed by atoms with Crippen molar-refractivity contribution in [1.29, 1.82) is 5.41 Å². The Hall–Kier alpha value is -2.33. The summed E-state index contributed by atoms with van der Waals surface area (Å²) in [5.74, 6) is 1.96. The van der Waals surface area contributed by atoms with Crippen LogP contribution in [0.2, 0.25) is 0 Å². The van der Waals surface area contributed by atoms with Crippen molar-refractivity contribution in [1.82, 2.24) is 0 Å². The summed E-state index contributed by atoms with van der Waals surface area (Å²) in [7, 11) is 0. The van der Waals surface area contributed by atoms with E-state index in [-0.39, 0.29) is 13.2 Å². The van der Waals surface area contributed by atoms with Crippen LogP contribution in [0.4, 0.5) is 0 Å². The van der Waals surface area contributed by atoms with E-state index < -0.39 is 22.4 Å². The predicted molar refractivity (Wildman–Crippen MR) is 144 cm³/mol. The largest absolute Gasteiger partial charge is 0.388 e. The van der Waals surface area contributed by atoms with Gasteiger partial charge in [0.15, 0.2) is 0 Å². The molecule has 0 spiro atoms. The summed E-state index contributed by atoms with van der Waals surface area (Å²) in [5.41, 5.74) is 10.5. The van der Waals surface area contributed by atoms with Crippen LogP contribution in [0.5, 0.6) is 0 Å². The summed E-state index contributed by atoms with van der Waals surface area (Å²) in [6.07, 6.45) is 7.82. The third-order valence-corrected chi connectivity index (χ3v) is 4.65. The molecule has 2 unspecified atom stereocenters.